The molecule has 3 atom stereocenters. The third-order valence-electron chi connectivity index (χ3n) is 5.00. The Labute approximate surface area is 236 Å². The molecule has 3 unspecified atom stereocenters. The molecule has 2 aromatic rings. The van der Waals surface area contributed by atoms with Crippen LogP contribution in [-0.4, -0.2) is 78.1 Å². The van der Waals surface area contributed by atoms with Crippen LogP contribution in [-0.2, 0) is 23.9 Å². The first-order chi connectivity index (χ1) is 19.9. The van der Waals surface area contributed by atoms with Gasteiger partial charge in [0.2, 0.25) is 6.79 Å². The fourth-order valence-electron chi connectivity index (χ4n) is 2.93. The molecule has 0 heterocycles. The highest BCUT2D eigenvalue weighted by atomic mass is 17.0. The lowest BCUT2D eigenvalue weighted by molar-refractivity contribution is -0.790. The highest BCUT2D eigenvalue weighted by Gasteiger charge is 2.21. The number of para-hydroxylation sites is 1. The Balaban J connectivity index is 2.12. The minimum absolute atomic E-state index is 0.0510. The van der Waals surface area contributed by atoms with Gasteiger partial charge in [-0.3, -0.25) is 4.79 Å². The first-order valence-corrected chi connectivity index (χ1v) is 11.9. The van der Waals surface area contributed by atoms with Gasteiger partial charge < -0.3 is 44.2 Å². The number of carbonyl (C=O) groups is 3. The molecule has 0 saturated carbocycles. The molecule has 42 heavy (non-hydrogen) atoms. The maximum absolute atomic E-state index is 12.6. The highest BCUT2D eigenvalue weighted by molar-refractivity contribution is 5.93. The van der Waals surface area contributed by atoms with Crippen molar-refractivity contribution in [1.29, 1.82) is 0 Å². The third-order valence-corrected chi connectivity index (χ3v) is 5.00. The Morgan fingerprint density at radius 1 is 0.905 bits per heavy atom. The second kappa shape index (κ2) is 16.1. The van der Waals surface area contributed by atoms with Gasteiger partial charge in [0.1, 0.15) is 31.1 Å². The largest absolute Gasteiger partial charge is 0.488 e. The Hall–Kier alpha value is -5.23. The summed E-state index contributed by atoms with van der Waals surface area (Å²) in [6.07, 6.45) is -2.48. The van der Waals surface area contributed by atoms with Crippen molar-refractivity contribution in [1.82, 2.24) is 0 Å². The van der Waals surface area contributed by atoms with Gasteiger partial charge in [-0.15, -0.1) is 20.2 Å². The lowest BCUT2D eigenvalue weighted by atomic mass is 10.2. The summed E-state index contributed by atoms with van der Waals surface area (Å²) in [5, 5.41) is 28.4. The molecule has 0 saturated heterocycles. The van der Waals surface area contributed by atoms with Gasteiger partial charge in [-0.1, -0.05) is 12.1 Å². The van der Waals surface area contributed by atoms with Crippen molar-refractivity contribution in [2.24, 2.45) is 5.73 Å². The molecule has 0 aliphatic carbocycles. The van der Waals surface area contributed by atoms with E-state index in [0.717, 1.165) is 13.0 Å². The molecule has 0 radical (unpaired) electrons. The molecule has 0 spiro atoms. The van der Waals surface area contributed by atoms with E-state index < -0.39 is 66.3 Å². The summed E-state index contributed by atoms with van der Waals surface area (Å²) in [4.78, 5) is 65.8. The zero-order valence-electron chi connectivity index (χ0n) is 22.2. The summed E-state index contributed by atoms with van der Waals surface area (Å²) < 4.78 is 25.8. The molecule has 0 aliphatic heterocycles. The number of carbonyl (C=O) groups excluding carboxylic acids is 3. The number of ether oxygens (including phenoxy) is 5. The van der Waals surface area contributed by atoms with Crippen LogP contribution in [0.1, 0.15) is 34.6 Å². The molecule has 18 nitrogen and oxygen atoms in total. The molecule has 2 aromatic carbocycles. The zero-order valence-corrected chi connectivity index (χ0v) is 22.2. The normalized spacial score (nSPS) is 12.6. The van der Waals surface area contributed by atoms with Crippen molar-refractivity contribution >= 4 is 17.9 Å². The summed E-state index contributed by atoms with van der Waals surface area (Å²) in [5.74, 6) is -2.83. The van der Waals surface area contributed by atoms with Gasteiger partial charge in [0.05, 0.1) is 17.7 Å². The van der Waals surface area contributed by atoms with E-state index in [1.165, 1.54) is 43.3 Å². The van der Waals surface area contributed by atoms with Gasteiger partial charge in [-0.05, 0) is 37.3 Å². The quantitative estimate of drug-likeness (QED) is 0.0842. The summed E-state index contributed by atoms with van der Waals surface area (Å²) in [6.45, 7) is 0.0579. The summed E-state index contributed by atoms with van der Waals surface area (Å²) in [5.41, 5.74) is 5.58. The summed E-state index contributed by atoms with van der Waals surface area (Å²) >= 11 is 0. The minimum atomic E-state index is -1.51. The standard InChI is InChI=1S/C24H27N3O15/c1-14(28)19(25)12-37-22-9-16(7-8-21(22)36-10-17(42-27(34)35)11-40-26(32)33)23(30)38-13-39-24(31)18-5-3-4-6-20(18)41-15(2)29/h3-9,14,17,19,28H,10-13,25H2,1-2H3. The molecule has 3 N–H and O–H groups in total. The van der Waals surface area contributed by atoms with E-state index in [1.807, 2.05) is 0 Å². The molecule has 0 bridgehead atoms. The summed E-state index contributed by atoms with van der Waals surface area (Å²) in [7, 11) is 0. The fraction of sp³-hybridized carbons (Fsp3) is 0.375. The van der Waals surface area contributed by atoms with Crippen molar-refractivity contribution in [2.45, 2.75) is 32.1 Å². The van der Waals surface area contributed by atoms with Crippen LogP contribution < -0.4 is 19.9 Å². The lowest BCUT2D eigenvalue weighted by Gasteiger charge is -2.20. The predicted octanol–water partition coefficient (Wildman–Crippen LogP) is 0.834. The zero-order chi connectivity index (χ0) is 31.2. The number of esters is 3. The minimum Gasteiger partial charge on any atom is -0.488 e. The molecule has 2 rings (SSSR count). The SMILES string of the molecule is CC(=O)Oc1ccccc1C(=O)OCOC(=O)c1ccc(OCC(CO[N+](=O)[O-])O[N+](=O)[O-])c(OCC(N)C(C)O)c1. The molecule has 0 aromatic heterocycles. The Morgan fingerprint density at radius 2 is 1.57 bits per heavy atom. The molecule has 0 fully saturated rings. The number of hydrogen-bond acceptors (Lipinski definition) is 16. The van der Waals surface area contributed by atoms with E-state index in [-0.39, 0.29) is 35.0 Å². The maximum atomic E-state index is 12.6. The molecule has 0 aliphatic rings. The maximum Gasteiger partial charge on any atom is 0.344 e. The van der Waals surface area contributed by atoms with Gasteiger partial charge in [0.15, 0.2) is 17.6 Å². The fourth-order valence-corrected chi connectivity index (χ4v) is 2.93. The van der Waals surface area contributed by atoms with Gasteiger partial charge in [-0.2, -0.15) is 0 Å². The summed E-state index contributed by atoms with van der Waals surface area (Å²) in [6, 6.07) is 8.49. The van der Waals surface area contributed by atoms with Gasteiger partial charge in [0.25, 0.3) is 10.2 Å². The molecule has 0 amide bonds. The van der Waals surface area contributed by atoms with Crippen molar-refractivity contribution in [2.75, 3.05) is 26.6 Å². The van der Waals surface area contributed by atoms with Crippen LogP contribution in [0.5, 0.6) is 17.2 Å². The Bertz CT molecular complexity index is 1270. The van der Waals surface area contributed by atoms with Crippen LogP contribution in [0.15, 0.2) is 42.5 Å². The first-order valence-electron chi connectivity index (χ1n) is 11.9. The highest BCUT2D eigenvalue weighted by Crippen LogP contribution is 2.29. The first kappa shape index (κ1) is 33.0. The van der Waals surface area contributed by atoms with Crippen molar-refractivity contribution in [3.63, 3.8) is 0 Å². The number of nitrogens with two attached hydrogens (primary N) is 1. The monoisotopic (exact) mass is 597 g/mol. The molecular weight excluding hydrogens is 570 g/mol. The molecule has 228 valence electrons. The third kappa shape index (κ3) is 11.1. The molecule has 18 heteroatoms. The van der Waals surface area contributed by atoms with Crippen LogP contribution in [0, 0.1) is 20.2 Å². The van der Waals surface area contributed by atoms with E-state index >= 15 is 0 Å². The number of nitrogens with zero attached hydrogens (tertiary/aromatic N) is 2. The van der Waals surface area contributed by atoms with Crippen molar-refractivity contribution in [3.05, 3.63) is 73.8 Å². The van der Waals surface area contributed by atoms with Crippen LogP contribution in [0.25, 0.3) is 0 Å². The van der Waals surface area contributed by atoms with Crippen molar-refractivity contribution < 1.29 is 63.0 Å². The number of rotatable bonds is 17. The van der Waals surface area contributed by atoms with Crippen LogP contribution >= 0.6 is 0 Å². The van der Waals surface area contributed by atoms with E-state index in [4.69, 9.17) is 29.4 Å². The smallest absolute Gasteiger partial charge is 0.344 e. The van der Waals surface area contributed by atoms with Crippen LogP contribution in [0.4, 0.5) is 0 Å². The second-order valence-corrected chi connectivity index (χ2v) is 8.23. The molecular formula is C24H27N3O15. The van der Waals surface area contributed by atoms with Crippen LogP contribution in [0.3, 0.4) is 0 Å². The second-order valence-electron chi connectivity index (χ2n) is 8.23. The Kier molecular flexibility index (Phi) is 12.7. The van der Waals surface area contributed by atoms with E-state index in [9.17, 15) is 39.7 Å². The van der Waals surface area contributed by atoms with E-state index in [1.54, 1.807) is 0 Å². The lowest BCUT2D eigenvalue weighted by Crippen LogP contribution is -2.38. The Morgan fingerprint density at radius 3 is 2.21 bits per heavy atom. The van der Waals surface area contributed by atoms with Crippen molar-refractivity contribution in [3.8, 4) is 17.2 Å². The number of hydrogen-bond donors (Lipinski definition) is 2. The van der Waals surface area contributed by atoms with E-state index in [0.29, 0.717) is 0 Å². The average Bonchev–Trinajstić information content (AvgIpc) is 2.92. The van der Waals surface area contributed by atoms with Gasteiger partial charge in [0, 0.05) is 6.92 Å². The average molecular weight is 597 g/mol. The van der Waals surface area contributed by atoms with Gasteiger partial charge >= 0.3 is 17.9 Å². The number of aliphatic hydroxyl groups is 1. The predicted molar refractivity (Wildman–Crippen MR) is 135 cm³/mol. The van der Waals surface area contributed by atoms with E-state index in [2.05, 4.69) is 9.68 Å². The van der Waals surface area contributed by atoms with Gasteiger partial charge in [-0.25, -0.2) is 9.59 Å². The number of benzene rings is 2. The van der Waals surface area contributed by atoms with Crippen LogP contribution in [0.2, 0.25) is 0 Å². The number of aliphatic hydroxyl groups excluding tert-OH is 1. The topological polar surface area (TPSA) is 248 Å².